The van der Waals surface area contributed by atoms with Gasteiger partial charge in [0.05, 0.1) is 19.1 Å². The van der Waals surface area contributed by atoms with Gasteiger partial charge < -0.3 is 37.2 Å². The molecule has 0 radical (unpaired) electrons. The average molecular weight is 373 g/mol. The molecule has 1 heterocycles. The Hall–Kier alpha value is -2.73. The molecule has 1 rings (SSSR count). The highest BCUT2D eigenvalue weighted by Gasteiger charge is 2.41. The second kappa shape index (κ2) is 9.10. The molecule has 5 amide bonds. The number of rotatable bonds is 8. The summed E-state index contributed by atoms with van der Waals surface area (Å²) in [4.78, 5) is 59.5. The lowest BCUT2D eigenvalue weighted by molar-refractivity contribution is -0.142. The molecule has 0 aliphatic carbocycles. The van der Waals surface area contributed by atoms with Crippen molar-refractivity contribution < 1.29 is 34.2 Å². The minimum absolute atomic E-state index is 0.0660. The van der Waals surface area contributed by atoms with Gasteiger partial charge in [0.1, 0.15) is 18.1 Å². The highest BCUT2D eigenvalue weighted by Crippen LogP contribution is 2.19. The number of hydrogen-bond acceptors (Lipinski definition) is 7. The van der Waals surface area contributed by atoms with Gasteiger partial charge >= 0.3 is 0 Å². The standard InChI is InChI=1S/C14H23N5O7/c1-6(21)17-9(5-20)13(25)18-8(3-11(15)23)14(26)19-4-7(22)2-10(19)12(16)24/h7-10,20,22H,2-5H2,1H3,(H2,15,23)(H2,16,24)(H,17,21)(H,18,25)/t7?,8-,9-,10?/m0/s1. The zero-order valence-corrected chi connectivity index (χ0v) is 14.2. The van der Waals surface area contributed by atoms with Crippen LogP contribution in [0.5, 0.6) is 0 Å². The third kappa shape index (κ3) is 5.67. The quantitative estimate of drug-likeness (QED) is 0.245. The summed E-state index contributed by atoms with van der Waals surface area (Å²) in [5, 5.41) is 23.3. The van der Waals surface area contributed by atoms with E-state index in [1.165, 1.54) is 0 Å². The molecular formula is C14H23N5O7. The van der Waals surface area contributed by atoms with Crippen LogP contribution >= 0.6 is 0 Å². The third-order valence-corrected chi connectivity index (χ3v) is 3.79. The Kier molecular flexibility index (Phi) is 7.46. The van der Waals surface area contributed by atoms with Gasteiger partial charge in [0.2, 0.25) is 29.5 Å². The molecular weight excluding hydrogens is 350 g/mol. The van der Waals surface area contributed by atoms with Crippen LogP contribution in [-0.4, -0.2) is 82.0 Å². The Morgan fingerprint density at radius 2 is 1.77 bits per heavy atom. The summed E-state index contributed by atoms with van der Waals surface area (Å²) in [6.45, 7) is 0.187. The number of nitrogens with zero attached hydrogens (tertiary/aromatic N) is 1. The molecule has 0 bridgehead atoms. The molecule has 12 nitrogen and oxygen atoms in total. The van der Waals surface area contributed by atoms with Gasteiger partial charge in [0.25, 0.3) is 0 Å². The number of aliphatic hydroxyl groups is 2. The van der Waals surface area contributed by atoms with E-state index in [4.69, 9.17) is 11.5 Å². The van der Waals surface area contributed by atoms with Crippen molar-refractivity contribution in [2.45, 2.75) is 44.0 Å². The van der Waals surface area contributed by atoms with Crippen LogP contribution in [0.3, 0.4) is 0 Å². The molecule has 2 unspecified atom stereocenters. The lowest BCUT2D eigenvalue weighted by atomic mass is 10.1. The predicted molar refractivity (Wildman–Crippen MR) is 85.8 cm³/mol. The van der Waals surface area contributed by atoms with Crippen molar-refractivity contribution in [1.82, 2.24) is 15.5 Å². The number of amides is 5. The Morgan fingerprint density at radius 3 is 2.23 bits per heavy atom. The summed E-state index contributed by atoms with van der Waals surface area (Å²) in [7, 11) is 0. The molecule has 146 valence electrons. The van der Waals surface area contributed by atoms with E-state index in [9.17, 15) is 34.2 Å². The number of carbonyl (C=O) groups excluding carboxylic acids is 5. The second-order valence-corrected chi connectivity index (χ2v) is 5.97. The van der Waals surface area contributed by atoms with Crippen molar-refractivity contribution in [3.05, 3.63) is 0 Å². The maximum atomic E-state index is 12.6. The molecule has 0 aromatic carbocycles. The van der Waals surface area contributed by atoms with Crippen molar-refractivity contribution in [2.24, 2.45) is 11.5 Å². The van der Waals surface area contributed by atoms with Crippen molar-refractivity contribution in [2.75, 3.05) is 13.2 Å². The molecule has 1 aliphatic heterocycles. The van der Waals surface area contributed by atoms with Gasteiger partial charge in [-0.25, -0.2) is 0 Å². The molecule has 26 heavy (non-hydrogen) atoms. The smallest absolute Gasteiger partial charge is 0.246 e. The van der Waals surface area contributed by atoms with E-state index in [-0.39, 0.29) is 13.0 Å². The van der Waals surface area contributed by atoms with Gasteiger partial charge in [0, 0.05) is 19.9 Å². The Bertz CT molecular complexity index is 596. The summed E-state index contributed by atoms with van der Waals surface area (Å²) in [6.07, 6.45) is -1.63. The fourth-order valence-electron chi connectivity index (χ4n) is 2.64. The third-order valence-electron chi connectivity index (χ3n) is 3.79. The first kappa shape index (κ1) is 21.3. The number of carbonyl (C=O) groups is 5. The summed E-state index contributed by atoms with van der Waals surface area (Å²) in [6, 6.07) is -3.88. The molecule has 1 fully saturated rings. The van der Waals surface area contributed by atoms with Crippen LogP contribution in [-0.2, 0) is 24.0 Å². The number of hydrogen-bond donors (Lipinski definition) is 6. The summed E-state index contributed by atoms with van der Waals surface area (Å²) < 4.78 is 0. The van der Waals surface area contributed by atoms with Crippen molar-refractivity contribution >= 4 is 29.5 Å². The van der Waals surface area contributed by atoms with Crippen LogP contribution in [0.4, 0.5) is 0 Å². The first-order valence-electron chi connectivity index (χ1n) is 7.81. The number of primary amides is 2. The summed E-state index contributed by atoms with van der Waals surface area (Å²) >= 11 is 0. The number of nitrogens with two attached hydrogens (primary N) is 2. The topological polar surface area (TPSA) is 205 Å². The van der Waals surface area contributed by atoms with Crippen molar-refractivity contribution in [3.63, 3.8) is 0 Å². The normalized spacial score (nSPS) is 21.6. The molecule has 1 saturated heterocycles. The van der Waals surface area contributed by atoms with E-state index in [2.05, 4.69) is 10.6 Å². The van der Waals surface area contributed by atoms with Crippen LogP contribution in [0.15, 0.2) is 0 Å². The number of β-amino-alcohol motifs (C(OH)–C–C–N with tert-alkyl or cyclic N) is 1. The SMILES string of the molecule is CC(=O)N[C@@H](CO)C(=O)N[C@@H](CC(N)=O)C(=O)N1CC(O)CC1C(N)=O. The van der Waals surface area contributed by atoms with E-state index in [0.29, 0.717) is 0 Å². The molecule has 0 aromatic rings. The average Bonchev–Trinajstić information content (AvgIpc) is 2.92. The largest absolute Gasteiger partial charge is 0.394 e. The minimum Gasteiger partial charge on any atom is -0.394 e. The molecule has 0 spiro atoms. The zero-order chi connectivity index (χ0) is 20.0. The van der Waals surface area contributed by atoms with E-state index >= 15 is 0 Å². The fourth-order valence-corrected chi connectivity index (χ4v) is 2.64. The molecule has 12 heteroatoms. The number of nitrogens with one attached hydrogen (secondary N) is 2. The van der Waals surface area contributed by atoms with Gasteiger partial charge in [0.15, 0.2) is 0 Å². The van der Waals surface area contributed by atoms with Gasteiger partial charge in [-0.3, -0.25) is 24.0 Å². The fraction of sp³-hybridized carbons (Fsp3) is 0.643. The molecule has 4 atom stereocenters. The van der Waals surface area contributed by atoms with E-state index in [1.807, 2.05) is 0 Å². The monoisotopic (exact) mass is 373 g/mol. The van der Waals surface area contributed by atoms with E-state index in [0.717, 1.165) is 11.8 Å². The Morgan fingerprint density at radius 1 is 1.15 bits per heavy atom. The maximum Gasteiger partial charge on any atom is 0.246 e. The molecule has 8 N–H and O–H groups in total. The molecule has 1 aliphatic rings. The summed E-state index contributed by atoms with van der Waals surface area (Å²) in [5.74, 6) is -4.09. The highest BCUT2D eigenvalue weighted by molar-refractivity contribution is 5.96. The Labute approximate surface area is 148 Å². The van der Waals surface area contributed by atoms with Gasteiger partial charge in [-0.15, -0.1) is 0 Å². The molecule has 0 aromatic heterocycles. The Balaban J connectivity index is 2.96. The van der Waals surface area contributed by atoms with E-state index in [1.54, 1.807) is 0 Å². The zero-order valence-electron chi connectivity index (χ0n) is 14.2. The van der Waals surface area contributed by atoms with Crippen LogP contribution in [0.2, 0.25) is 0 Å². The van der Waals surface area contributed by atoms with E-state index < -0.39 is 66.8 Å². The minimum atomic E-state index is -1.45. The van der Waals surface area contributed by atoms with Crippen molar-refractivity contribution in [3.8, 4) is 0 Å². The lowest BCUT2D eigenvalue weighted by Gasteiger charge is -2.28. The number of aliphatic hydroxyl groups excluding tert-OH is 2. The highest BCUT2D eigenvalue weighted by atomic mass is 16.3. The predicted octanol–water partition coefficient (Wildman–Crippen LogP) is -4.71. The number of likely N-dealkylation sites (tertiary alicyclic amines) is 1. The maximum absolute atomic E-state index is 12.6. The van der Waals surface area contributed by atoms with Gasteiger partial charge in [-0.1, -0.05) is 0 Å². The second-order valence-electron chi connectivity index (χ2n) is 5.97. The summed E-state index contributed by atoms with van der Waals surface area (Å²) in [5.41, 5.74) is 10.3. The van der Waals surface area contributed by atoms with Crippen molar-refractivity contribution in [1.29, 1.82) is 0 Å². The molecule has 0 saturated carbocycles. The lowest BCUT2D eigenvalue weighted by Crippen LogP contribution is -2.57. The van der Waals surface area contributed by atoms with Gasteiger partial charge in [-0.2, -0.15) is 0 Å². The van der Waals surface area contributed by atoms with Crippen LogP contribution in [0, 0.1) is 0 Å². The van der Waals surface area contributed by atoms with Crippen LogP contribution < -0.4 is 22.1 Å². The van der Waals surface area contributed by atoms with Gasteiger partial charge in [-0.05, 0) is 0 Å². The van der Waals surface area contributed by atoms with Crippen LogP contribution in [0.25, 0.3) is 0 Å². The first-order valence-corrected chi connectivity index (χ1v) is 7.81. The first-order chi connectivity index (χ1) is 12.1. The van der Waals surface area contributed by atoms with Crippen LogP contribution in [0.1, 0.15) is 19.8 Å².